The first-order valence-electron chi connectivity index (χ1n) is 5.53. The molecule has 0 bridgehead atoms. The van der Waals surface area contributed by atoms with Crippen molar-refractivity contribution < 1.29 is 9.59 Å². The second kappa shape index (κ2) is 4.88. The second-order valence-electron chi connectivity index (χ2n) is 3.90. The van der Waals surface area contributed by atoms with Crippen LogP contribution in [0.25, 0.3) is 0 Å². The lowest BCUT2D eigenvalue weighted by Crippen LogP contribution is -2.40. The lowest BCUT2D eigenvalue weighted by molar-refractivity contribution is -0.127. The molecule has 0 saturated carbocycles. The molecule has 1 aromatic rings. The van der Waals surface area contributed by atoms with Crippen LogP contribution in [-0.2, 0) is 4.79 Å². The number of piperidine rings is 1. The Hall–Kier alpha value is -1.71. The van der Waals surface area contributed by atoms with E-state index in [2.05, 4.69) is 4.98 Å². The Morgan fingerprint density at radius 2 is 1.88 bits per heavy atom. The fourth-order valence-corrected chi connectivity index (χ4v) is 1.85. The van der Waals surface area contributed by atoms with Gasteiger partial charge in [-0.2, -0.15) is 0 Å². The Morgan fingerprint density at radius 1 is 1.12 bits per heavy atom. The SMILES string of the molecule is O=C(C(=O)N1CCCCC1)c1ccccn1. The Labute approximate surface area is 94.3 Å². The predicted octanol–water partition coefficient (Wildman–Crippen LogP) is 1.28. The van der Waals surface area contributed by atoms with Crippen molar-refractivity contribution in [2.75, 3.05) is 13.1 Å². The molecule has 0 atom stereocenters. The van der Waals surface area contributed by atoms with Gasteiger partial charge in [0.25, 0.3) is 11.7 Å². The molecule has 1 aliphatic heterocycles. The Kier molecular flexibility index (Phi) is 3.29. The summed E-state index contributed by atoms with van der Waals surface area (Å²) < 4.78 is 0. The Bertz CT molecular complexity index is 383. The number of carbonyl (C=O) groups is 2. The van der Waals surface area contributed by atoms with Gasteiger partial charge in [0.15, 0.2) is 0 Å². The fraction of sp³-hybridized carbons (Fsp3) is 0.417. The van der Waals surface area contributed by atoms with Crippen LogP contribution in [0.15, 0.2) is 24.4 Å². The third-order valence-electron chi connectivity index (χ3n) is 2.74. The highest BCUT2D eigenvalue weighted by molar-refractivity contribution is 6.42. The van der Waals surface area contributed by atoms with Crippen molar-refractivity contribution in [1.29, 1.82) is 0 Å². The Morgan fingerprint density at radius 3 is 2.50 bits per heavy atom. The van der Waals surface area contributed by atoms with Gasteiger partial charge in [0.2, 0.25) is 0 Å². The maximum absolute atomic E-state index is 11.8. The smallest absolute Gasteiger partial charge is 0.296 e. The second-order valence-corrected chi connectivity index (χ2v) is 3.90. The number of rotatable bonds is 2. The zero-order valence-corrected chi connectivity index (χ0v) is 9.06. The van der Waals surface area contributed by atoms with E-state index in [4.69, 9.17) is 0 Å². The fourth-order valence-electron chi connectivity index (χ4n) is 1.85. The molecule has 16 heavy (non-hydrogen) atoms. The quantitative estimate of drug-likeness (QED) is 0.555. The van der Waals surface area contributed by atoms with E-state index in [0.717, 1.165) is 19.3 Å². The molecule has 0 aliphatic carbocycles. The average molecular weight is 218 g/mol. The van der Waals surface area contributed by atoms with Crippen LogP contribution in [0.1, 0.15) is 29.8 Å². The number of aromatic nitrogens is 1. The highest BCUT2D eigenvalue weighted by Crippen LogP contribution is 2.10. The van der Waals surface area contributed by atoms with E-state index in [1.807, 2.05) is 0 Å². The molecule has 2 rings (SSSR count). The van der Waals surface area contributed by atoms with Crippen LogP contribution in [0.5, 0.6) is 0 Å². The van der Waals surface area contributed by atoms with Gasteiger partial charge in [-0.15, -0.1) is 0 Å². The summed E-state index contributed by atoms with van der Waals surface area (Å²) in [6, 6.07) is 5.01. The number of hydrogen-bond acceptors (Lipinski definition) is 3. The number of nitrogens with zero attached hydrogens (tertiary/aromatic N) is 2. The van der Waals surface area contributed by atoms with Crippen molar-refractivity contribution in [3.8, 4) is 0 Å². The molecule has 0 spiro atoms. The normalized spacial score (nSPS) is 15.9. The third-order valence-corrected chi connectivity index (χ3v) is 2.74. The number of Topliss-reactive ketones (excluding diaryl/α,β-unsaturated/α-hetero) is 1. The van der Waals surface area contributed by atoms with Crippen LogP contribution in [0.2, 0.25) is 0 Å². The summed E-state index contributed by atoms with van der Waals surface area (Å²) in [6.45, 7) is 1.38. The van der Waals surface area contributed by atoms with Gasteiger partial charge in [0.1, 0.15) is 5.69 Å². The predicted molar refractivity (Wildman–Crippen MR) is 59.0 cm³/mol. The molecule has 4 heteroatoms. The molecule has 0 N–H and O–H groups in total. The topological polar surface area (TPSA) is 50.3 Å². The summed E-state index contributed by atoms with van der Waals surface area (Å²) in [5.41, 5.74) is 0.234. The molecule has 84 valence electrons. The summed E-state index contributed by atoms with van der Waals surface area (Å²) in [7, 11) is 0. The van der Waals surface area contributed by atoms with Crippen molar-refractivity contribution in [2.45, 2.75) is 19.3 Å². The van der Waals surface area contributed by atoms with E-state index in [0.29, 0.717) is 13.1 Å². The van der Waals surface area contributed by atoms with Crippen molar-refractivity contribution in [3.63, 3.8) is 0 Å². The summed E-state index contributed by atoms with van der Waals surface area (Å²) in [6.07, 6.45) is 4.64. The van der Waals surface area contributed by atoms with Crippen molar-refractivity contribution in [3.05, 3.63) is 30.1 Å². The van der Waals surface area contributed by atoms with E-state index in [1.165, 1.54) is 6.20 Å². The first-order chi connectivity index (χ1) is 7.79. The zero-order chi connectivity index (χ0) is 11.4. The number of hydrogen-bond donors (Lipinski definition) is 0. The Balaban J connectivity index is 2.07. The molecule has 1 aliphatic rings. The van der Waals surface area contributed by atoms with Crippen LogP contribution in [-0.4, -0.2) is 34.7 Å². The molecule has 1 fully saturated rings. The number of ketones is 1. The van der Waals surface area contributed by atoms with Gasteiger partial charge in [-0.1, -0.05) is 6.07 Å². The summed E-state index contributed by atoms with van der Waals surface area (Å²) in [4.78, 5) is 29.1. The van der Waals surface area contributed by atoms with Gasteiger partial charge in [0, 0.05) is 19.3 Å². The molecular formula is C12H14N2O2. The standard InChI is InChI=1S/C12H14N2O2/c15-11(10-6-2-3-7-13-10)12(16)14-8-4-1-5-9-14/h2-3,6-7H,1,4-5,8-9H2. The third kappa shape index (κ3) is 2.27. The first kappa shape index (κ1) is 10.8. The highest BCUT2D eigenvalue weighted by atomic mass is 16.2. The molecule has 2 heterocycles. The molecule has 1 amide bonds. The van der Waals surface area contributed by atoms with E-state index in [1.54, 1.807) is 23.1 Å². The number of amides is 1. The van der Waals surface area contributed by atoms with E-state index in [9.17, 15) is 9.59 Å². The van der Waals surface area contributed by atoms with Crippen molar-refractivity contribution in [2.24, 2.45) is 0 Å². The molecule has 0 unspecified atom stereocenters. The van der Waals surface area contributed by atoms with Crippen LogP contribution in [0, 0.1) is 0 Å². The van der Waals surface area contributed by atoms with Crippen molar-refractivity contribution in [1.82, 2.24) is 9.88 Å². The maximum Gasteiger partial charge on any atom is 0.296 e. The zero-order valence-electron chi connectivity index (χ0n) is 9.06. The molecule has 1 saturated heterocycles. The first-order valence-corrected chi connectivity index (χ1v) is 5.53. The van der Waals surface area contributed by atoms with Gasteiger partial charge in [-0.3, -0.25) is 14.6 Å². The summed E-state index contributed by atoms with van der Waals surface area (Å²) in [5, 5.41) is 0. The minimum absolute atomic E-state index is 0.234. The van der Waals surface area contributed by atoms with Gasteiger partial charge in [-0.25, -0.2) is 0 Å². The molecule has 0 radical (unpaired) electrons. The lowest BCUT2D eigenvalue weighted by atomic mass is 10.1. The molecular weight excluding hydrogens is 204 g/mol. The van der Waals surface area contributed by atoms with Gasteiger partial charge < -0.3 is 4.90 Å². The van der Waals surface area contributed by atoms with Crippen LogP contribution in [0.3, 0.4) is 0 Å². The van der Waals surface area contributed by atoms with Gasteiger partial charge in [0.05, 0.1) is 0 Å². The summed E-state index contributed by atoms with van der Waals surface area (Å²) in [5.74, 6) is -0.916. The van der Waals surface area contributed by atoms with E-state index in [-0.39, 0.29) is 5.69 Å². The van der Waals surface area contributed by atoms with Crippen molar-refractivity contribution >= 4 is 11.7 Å². The average Bonchev–Trinajstić information content (AvgIpc) is 2.39. The monoisotopic (exact) mass is 218 g/mol. The lowest BCUT2D eigenvalue weighted by Gasteiger charge is -2.25. The maximum atomic E-state index is 11.8. The number of pyridine rings is 1. The molecule has 4 nitrogen and oxygen atoms in total. The molecule has 1 aromatic heterocycles. The van der Waals surface area contributed by atoms with Gasteiger partial charge >= 0.3 is 0 Å². The molecule has 0 aromatic carbocycles. The van der Waals surface area contributed by atoms with Crippen LogP contribution in [0.4, 0.5) is 0 Å². The minimum Gasteiger partial charge on any atom is -0.336 e. The highest BCUT2D eigenvalue weighted by Gasteiger charge is 2.24. The number of carbonyl (C=O) groups excluding carboxylic acids is 2. The number of likely N-dealkylation sites (tertiary alicyclic amines) is 1. The minimum atomic E-state index is -0.498. The van der Waals surface area contributed by atoms with Crippen LogP contribution < -0.4 is 0 Å². The van der Waals surface area contributed by atoms with Crippen LogP contribution >= 0.6 is 0 Å². The van der Waals surface area contributed by atoms with Gasteiger partial charge in [-0.05, 0) is 31.4 Å². The summed E-state index contributed by atoms with van der Waals surface area (Å²) >= 11 is 0. The largest absolute Gasteiger partial charge is 0.336 e. The van der Waals surface area contributed by atoms with E-state index >= 15 is 0 Å². The van der Waals surface area contributed by atoms with E-state index < -0.39 is 11.7 Å².